The summed E-state index contributed by atoms with van der Waals surface area (Å²) in [6.45, 7) is 8.50. The number of fused-ring (bicyclic) bond motifs is 2. The average Bonchev–Trinajstić information content (AvgIpc) is 2.97. The fraction of sp³-hybridized carbons (Fsp3) is 0.933. The molecule has 4 unspecified atom stereocenters. The van der Waals surface area contributed by atoms with Crippen LogP contribution < -0.4 is 5.32 Å². The monoisotopic (exact) mass is 269 g/mol. The number of hydrogen-bond donors (Lipinski definition) is 2. The van der Waals surface area contributed by atoms with E-state index in [1.54, 1.807) is 0 Å². The van der Waals surface area contributed by atoms with E-state index in [1.165, 1.54) is 0 Å². The Morgan fingerprint density at radius 2 is 2.11 bits per heavy atom. The van der Waals surface area contributed by atoms with Crippen molar-refractivity contribution >= 4 is 5.91 Å². The van der Waals surface area contributed by atoms with Gasteiger partial charge in [-0.3, -0.25) is 4.79 Å². The second kappa shape index (κ2) is 5.41. The number of carbonyl (C=O) groups excluding carboxylic acids is 1. The number of hydrogen-bond acceptors (Lipinski definition) is 3. The van der Waals surface area contributed by atoms with Crippen molar-refractivity contribution in [1.29, 1.82) is 0 Å². The van der Waals surface area contributed by atoms with Crippen LogP contribution in [0.3, 0.4) is 0 Å². The SMILES string of the molecule is CC(C)C(O)C(C)(C)CNC(=O)C1CC2CCC1O2. The second-order valence-corrected chi connectivity index (χ2v) is 7.11. The van der Waals surface area contributed by atoms with E-state index in [0.717, 1.165) is 19.3 Å². The zero-order valence-electron chi connectivity index (χ0n) is 12.5. The van der Waals surface area contributed by atoms with E-state index in [4.69, 9.17) is 4.74 Å². The first-order valence-electron chi connectivity index (χ1n) is 7.42. The molecule has 0 aromatic carbocycles. The van der Waals surface area contributed by atoms with E-state index >= 15 is 0 Å². The molecule has 0 aromatic rings. The quantitative estimate of drug-likeness (QED) is 0.799. The van der Waals surface area contributed by atoms with Gasteiger partial charge >= 0.3 is 0 Å². The Labute approximate surface area is 115 Å². The second-order valence-electron chi connectivity index (χ2n) is 7.11. The molecule has 1 amide bonds. The first-order chi connectivity index (χ1) is 8.81. The van der Waals surface area contributed by atoms with Gasteiger partial charge in [-0.2, -0.15) is 0 Å². The molecule has 2 saturated heterocycles. The van der Waals surface area contributed by atoms with Crippen molar-refractivity contribution in [3.63, 3.8) is 0 Å². The molecule has 2 aliphatic rings. The van der Waals surface area contributed by atoms with Gasteiger partial charge in [-0.15, -0.1) is 0 Å². The zero-order valence-corrected chi connectivity index (χ0v) is 12.5. The molecule has 0 spiro atoms. The molecule has 0 aromatic heterocycles. The molecule has 2 heterocycles. The van der Waals surface area contributed by atoms with E-state index in [0.29, 0.717) is 12.6 Å². The Morgan fingerprint density at radius 3 is 2.58 bits per heavy atom. The third-order valence-electron chi connectivity index (χ3n) is 4.59. The average molecular weight is 269 g/mol. The summed E-state index contributed by atoms with van der Waals surface area (Å²) in [4.78, 5) is 12.2. The molecule has 2 bridgehead atoms. The lowest BCUT2D eigenvalue weighted by Gasteiger charge is -2.34. The third kappa shape index (κ3) is 3.11. The highest BCUT2D eigenvalue weighted by atomic mass is 16.5. The summed E-state index contributed by atoms with van der Waals surface area (Å²) >= 11 is 0. The van der Waals surface area contributed by atoms with Crippen LogP contribution in [0.4, 0.5) is 0 Å². The van der Waals surface area contributed by atoms with Crippen LogP contribution >= 0.6 is 0 Å². The minimum absolute atomic E-state index is 0.0192. The number of amides is 1. The van der Waals surface area contributed by atoms with Gasteiger partial charge in [0, 0.05) is 12.0 Å². The summed E-state index contributed by atoms with van der Waals surface area (Å²) in [5.41, 5.74) is -0.303. The van der Waals surface area contributed by atoms with Crippen molar-refractivity contribution in [2.75, 3.05) is 6.54 Å². The third-order valence-corrected chi connectivity index (χ3v) is 4.59. The van der Waals surface area contributed by atoms with Crippen LogP contribution in [-0.2, 0) is 9.53 Å². The van der Waals surface area contributed by atoms with Crippen LogP contribution in [0, 0.1) is 17.3 Å². The first-order valence-corrected chi connectivity index (χ1v) is 7.42. The number of nitrogens with one attached hydrogen (secondary N) is 1. The zero-order chi connectivity index (χ0) is 14.2. The van der Waals surface area contributed by atoms with Crippen LogP contribution in [0.5, 0.6) is 0 Å². The Bertz CT molecular complexity index is 340. The van der Waals surface area contributed by atoms with Gasteiger partial charge in [-0.25, -0.2) is 0 Å². The van der Waals surface area contributed by atoms with E-state index in [-0.39, 0.29) is 29.3 Å². The molecule has 4 nitrogen and oxygen atoms in total. The van der Waals surface area contributed by atoms with Crippen molar-refractivity contribution in [2.45, 2.75) is 65.3 Å². The molecular weight excluding hydrogens is 242 g/mol. The number of rotatable bonds is 5. The summed E-state index contributed by atoms with van der Waals surface area (Å²) in [5.74, 6) is 0.305. The van der Waals surface area contributed by atoms with Gasteiger partial charge in [-0.05, 0) is 25.2 Å². The normalized spacial score (nSPS) is 31.8. The molecule has 4 atom stereocenters. The van der Waals surface area contributed by atoms with Gasteiger partial charge in [-0.1, -0.05) is 27.7 Å². The minimum Gasteiger partial charge on any atom is -0.392 e. The summed E-state index contributed by atoms with van der Waals surface area (Å²) in [7, 11) is 0. The van der Waals surface area contributed by atoms with Crippen LogP contribution in [0.2, 0.25) is 0 Å². The van der Waals surface area contributed by atoms with Crippen molar-refractivity contribution in [2.24, 2.45) is 17.3 Å². The maximum Gasteiger partial charge on any atom is 0.225 e. The first kappa shape index (κ1) is 14.8. The van der Waals surface area contributed by atoms with Gasteiger partial charge in [0.1, 0.15) is 0 Å². The van der Waals surface area contributed by atoms with E-state index in [2.05, 4.69) is 5.32 Å². The smallest absolute Gasteiger partial charge is 0.225 e. The summed E-state index contributed by atoms with van der Waals surface area (Å²) < 4.78 is 5.71. The minimum atomic E-state index is -0.413. The maximum atomic E-state index is 12.2. The van der Waals surface area contributed by atoms with Crippen LogP contribution in [0.1, 0.15) is 47.0 Å². The highest BCUT2D eigenvalue weighted by Gasteiger charge is 2.44. The lowest BCUT2D eigenvalue weighted by atomic mass is 9.80. The Morgan fingerprint density at radius 1 is 1.42 bits per heavy atom. The maximum absolute atomic E-state index is 12.2. The molecule has 0 radical (unpaired) electrons. The van der Waals surface area contributed by atoms with Gasteiger partial charge < -0.3 is 15.2 Å². The number of aliphatic hydroxyl groups is 1. The molecule has 0 saturated carbocycles. The number of aliphatic hydroxyl groups excluding tert-OH is 1. The summed E-state index contributed by atoms with van der Waals surface area (Å²) in [6.07, 6.45) is 3.00. The predicted octanol–water partition coefficient (Wildman–Crippen LogP) is 1.71. The fourth-order valence-electron chi connectivity index (χ4n) is 3.37. The van der Waals surface area contributed by atoms with Gasteiger partial charge in [0.15, 0.2) is 0 Å². The van der Waals surface area contributed by atoms with Crippen molar-refractivity contribution in [3.8, 4) is 0 Å². The molecule has 2 N–H and O–H groups in total. The lowest BCUT2D eigenvalue weighted by molar-refractivity contribution is -0.127. The van der Waals surface area contributed by atoms with Gasteiger partial charge in [0.05, 0.1) is 24.2 Å². The molecule has 0 aliphatic carbocycles. The molecule has 110 valence electrons. The predicted molar refractivity (Wildman–Crippen MR) is 73.6 cm³/mol. The highest BCUT2D eigenvalue weighted by molar-refractivity contribution is 5.79. The Hall–Kier alpha value is -0.610. The topological polar surface area (TPSA) is 58.6 Å². The highest BCUT2D eigenvalue weighted by Crippen LogP contribution is 2.38. The van der Waals surface area contributed by atoms with Crippen molar-refractivity contribution in [3.05, 3.63) is 0 Å². The van der Waals surface area contributed by atoms with E-state index in [1.807, 2.05) is 27.7 Å². The Balaban J connectivity index is 1.83. The summed E-state index contributed by atoms with van der Waals surface area (Å²) in [6, 6.07) is 0. The molecule has 2 fully saturated rings. The van der Waals surface area contributed by atoms with Gasteiger partial charge in [0.25, 0.3) is 0 Å². The largest absolute Gasteiger partial charge is 0.392 e. The number of carbonyl (C=O) groups is 1. The molecule has 19 heavy (non-hydrogen) atoms. The van der Waals surface area contributed by atoms with Crippen molar-refractivity contribution < 1.29 is 14.6 Å². The standard InChI is InChI=1S/C15H27NO3/c1-9(2)13(17)15(3,4)8-16-14(18)11-7-10-5-6-12(11)19-10/h9-13,17H,5-8H2,1-4H3,(H,16,18). The molecular formula is C15H27NO3. The van der Waals surface area contributed by atoms with Crippen LogP contribution in [0.25, 0.3) is 0 Å². The fourth-order valence-corrected chi connectivity index (χ4v) is 3.37. The molecule has 2 rings (SSSR count). The van der Waals surface area contributed by atoms with Crippen LogP contribution in [0.15, 0.2) is 0 Å². The molecule has 2 aliphatic heterocycles. The molecule has 4 heteroatoms. The van der Waals surface area contributed by atoms with E-state index < -0.39 is 6.10 Å². The summed E-state index contributed by atoms with van der Waals surface area (Å²) in [5, 5.41) is 13.2. The lowest BCUT2D eigenvalue weighted by Crippen LogP contribution is -2.46. The van der Waals surface area contributed by atoms with Crippen molar-refractivity contribution in [1.82, 2.24) is 5.32 Å². The Kier molecular flexibility index (Phi) is 4.21. The van der Waals surface area contributed by atoms with E-state index in [9.17, 15) is 9.90 Å². The number of ether oxygens (including phenoxy) is 1. The van der Waals surface area contributed by atoms with Crippen LogP contribution in [-0.4, -0.2) is 35.9 Å². The van der Waals surface area contributed by atoms with Gasteiger partial charge in [0.2, 0.25) is 5.91 Å².